The van der Waals surface area contributed by atoms with Crippen LogP contribution < -0.4 is 11.0 Å². The number of carbonyl (C=O) groups is 1. The molecule has 0 saturated carbocycles. The van der Waals surface area contributed by atoms with Crippen LogP contribution in [0.15, 0.2) is 58.4 Å². The van der Waals surface area contributed by atoms with E-state index in [-0.39, 0.29) is 17.3 Å². The Balaban J connectivity index is 2.01. The van der Waals surface area contributed by atoms with Gasteiger partial charge >= 0.3 is 0 Å². The summed E-state index contributed by atoms with van der Waals surface area (Å²) in [6, 6.07) is 12.7. The summed E-state index contributed by atoms with van der Waals surface area (Å²) < 4.78 is 15.1. The molecule has 7 heteroatoms. The lowest BCUT2D eigenvalue weighted by Crippen LogP contribution is -2.30. The number of nitrogens with one attached hydrogen (secondary N) is 1. The number of halogens is 1. The van der Waals surface area contributed by atoms with Crippen molar-refractivity contribution < 1.29 is 9.18 Å². The van der Waals surface area contributed by atoms with E-state index >= 15 is 0 Å². The van der Waals surface area contributed by atoms with Crippen LogP contribution in [0.3, 0.4) is 0 Å². The van der Waals surface area contributed by atoms with Crippen molar-refractivity contribution in [2.45, 2.75) is 26.8 Å². The highest BCUT2D eigenvalue weighted by molar-refractivity contribution is 6.06. The molecule has 3 aromatic rings. The van der Waals surface area contributed by atoms with E-state index < -0.39 is 11.7 Å². The van der Waals surface area contributed by atoms with Crippen LogP contribution in [0.25, 0.3) is 10.8 Å². The van der Waals surface area contributed by atoms with E-state index in [2.05, 4.69) is 15.6 Å². The fourth-order valence-electron chi connectivity index (χ4n) is 2.73. The van der Waals surface area contributed by atoms with Gasteiger partial charge in [-0.15, -0.1) is 0 Å². The van der Waals surface area contributed by atoms with Gasteiger partial charge in [-0.25, -0.2) is 14.5 Å². The van der Waals surface area contributed by atoms with Crippen molar-refractivity contribution in [1.29, 1.82) is 0 Å². The van der Waals surface area contributed by atoms with Gasteiger partial charge in [-0.2, -0.15) is 10.2 Å². The van der Waals surface area contributed by atoms with Crippen LogP contribution in [-0.4, -0.2) is 21.4 Å². The average molecular weight is 366 g/mol. The summed E-state index contributed by atoms with van der Waals surface area (Å²) in [5.41, 5.74) is 2.85. The number of carbonyl (C=O) groups excluding carboxylic acids is 1. The average Bonchev–Trinajstić information content (AvgIpc) is 2.66. The maximum absolute atomic E-state index is 13.8. The van der Waals surface area contributed by atoms with E-state index in [1.165, 1.54) is 10.7 Å². The van der Waals surface area contributed by atoms with Crippen LogP contribution in [0.4, 0.5) is 4.39 Å². The molecule has 1 heterocycles. The molecule has 27 heavy (non-hydrogen) atoms. The summed E-state index contributed by atoms with van der Waals surface area (Å²) in [6.07, 6.45) is 0. The Morgan fingerprint density at radius 3 is 2.41 bits per heavy atom. The third-order valence-electron chi connectivity index (χ3n) is 4.12. The van der Waals surface area contributed by atoms with E-state index in [9.17, 15) is 14.0 Å². The number of amides is 1. The van der Waals surface area contributed by atoms with Gasteiger partial charge < -0.3 is 0 Å². The molecule has 1 amide bonds. The molecule has 0 bridgehead atoms. The molecular formula is C20H19FN4O2. The number of rotatable bonds is 4. The summed E-state index contributed by atoms with van der Waals surface area (Å²) in [5, 5.41) is 9.05. The summed E-state index contributed by atoms with van der Waals surface area (Å²) in [6.45, 7) is 5.22. The molecule has 1 N–H and O–H groups in total. The van der Waals surface area contributed by atoms with Crippen LogP contribution >= 0.6 is 0 Å². The maximum Gasteiger partial charge on any atom is 0.292 e. The van der Waals surface area contributed by atoms with Crippen LogP contribution in [-0.2, 0) is 0 Å². The van der Waals surface area contributed by atoms with Crippen LogP contribution in [0.2, 0.25) is 0 Å². The summed E-state index contributed by atoms with van der Waals surface area (Å²) >= 11 is 0. The smallest absolute Gasteiger partial charge is 0.267 e. The Bertz CT molecular complexity index is 1100. The van der Waals surface area contributed by atoms with E-state index in [4.69, 9.17) is 0 Å². The Kier molecular flexibility index (Phi) is 5.12. The zero-order valence-electron chi connectivity index (χ0n) is 15.2. The standard InChI is InChI=1S/C20H19FN4O2/c1-12(2)25-20(27)16-10-5-4-9-15(16)18(24-25)19(26)23-22-13(3)14-8-6-7-11-17(14)21/h4-12H,1-3H3,(H,23,26)/b22-13+. The molecule has 0 saturated heterocycles. The first-order valence-electron chi connectivity index (χ1n) is 8.51. The zero-order chi connectivity index (χ0) is 19.6. The summed E-state index contributed by atoms with van der Waals surface area (Å²) in [5.74, 6) is -0.999. The lowest BCUT2D eigenvalue weighted by atomic mass is 10.1. The first-order valence-corrected chi connectivity index (χ1v) is 8.51. The fraction of sp³-hybridized carbons (Fsp3) is 0.200. The second kappa shape index (κ2) is 7.49. The van der Waals surface area contributed by atoms with Gasteiger partial charge in [-0.1, -0.05) is 36.4 Å². The second-order valence-corrected chi connectivity index (χ2v) is 6.36. The molecular weight excluding hydrogens is 347 g/mol. The number of hydrogen-bond acceptors (Lipinski definition) is 4. The first-order chi connectivity index (χ1) is 12.9. The van der Waals surface area contributed by atoms with Crippen LogP contribution in [0.1, 0.15) is 42.9 Å². The molecule has 0 unspecified atom stereocenters. The minimum Gasteiger partial charge on any atom is -0.267 e. The van der Waals surface area contributed by atoms with E-state index in [1.54, 1.807) is 49.4 Å². The molecule has 0 fully saturated rings. The largest absolute Gasteiger partial charge is 0.292 e. The Morgan fingerprint density at radius 1 is 1.11 bits per heavy atom. The topological polar surface area (TPSA) is 76.3 Å². The number of nitrogens with zero attached hydrogens (tertiary/aromatic N) is 3. The quantitative estimate of drug-likeness (QED) is 0.569. The predicted octanol–water partition coefficient (Wildman–Crippen LogP) is 3.27. The summed E-state index contributed by atoms with van der Waals surface area (Å²) in [4.78, 5) is 25.2. The Labute approximate surface area is 155 Å². The highest BCUT2D eigenvalue weighted by Gasteiger charge is 2.17. The summed E-state index contributed by atoms with van der Waals surface area (Å²) in [7, 11) is 0. The van der Waals surface area contributed by atoms with E-state index in [0.29, 0.717) is 22.0 Å². The minimum absolute atomic E-state index is 0.0870. The van der Waals surface area contributed by atoms with Crippen molar-refractivity contribution in [3.05, 3.63) is 76.0 Å². The molecule has 138 valence electrons. The van der Waals surface area contributed by atoms with Gasteiger partial charge in [-0.3, -0.25) is 9.59 Å². The monoisotopic (exact) mass is 366 g/mol. The molecule has 0 aliphatic rings. The molecule has 0 radical (unpaired) electrons. The van der Waals surface area contributed by atoms with Crippen molar-refractivity contribution in [3.8, 4) is 0 Å². The number of benzene rings is 2. The van der Waals surface area contributed by atoms with Crippen molar-refractivity contribution in [1.82, 2.24) is 15.2 Å². The van der Waals surface area contributed by atoms with Crippen LogP contribution in [0, 0.1) is 5.82 Å². The number of fused-ring (bicyclic) bond motifs is 1. The van der Waals surface area contributed by atoms with E-state index in [1.807, 2.05) is 13.8 Å². The highest BCUT2D eigenvalue weighted by atomic mass is 19.1. The minimum atomic E-state index is -0.573. The van der Waals surface area contributed by atoms with Crippen molar-refractivity contribution >= 4 is 22.4 Å². The van der Waals surface area contributed by atoms with Gasteiger partial charge in [0.1, 0.15) is 5.82 Å². The molecule has 3 rings (SSSR count). The van der Waals surface area contributed by atoms with Crippen molar-refractivity contribution in [3.63, 3.8) is 0 Å². The molecule has 0 atom stereocenters. The fourth-order valence-corrected chi connectivity index (χ4v) is 2.73. The lowest BCUT2D eigenvalue weighted by molar-refractivity contribution is 0.0949. The van der Waals surface area contributed by atoms with Gasteiger partial charge in [0, 0.05) is 10.9 Å². The van der Waals surface area contributed by atoms with Gasteiger partial charge in [0.15, 0.2) is 5.69 Å². The zero-order valence-corrected chi connectivity index (χ0v) is 15.2. The molecule has 0 spiro atoms. The third-order valence-corrected chi connectivity index (χ3v) is 4.12. The number of hydrazone groups is 1. The molecule has 2 aromatic carbocycles. The normalized spacial score (nSPS) is 11.8. The maximum atomic E-state index is 13.8. The number of hydrogen-bond donors (Lipinski definition) is 1. The van der Waals surface area contributed by atoms with Gasteiger partial charge in [0.2, 0.25) is 0 Å². The Morgan fingerprint density at radius 2 is 1.74 bits per heavy atom. The molecule has 6 nitrogen and oxygen atoms in total. The van der Waals surface area contributed by atoms with Crippen LogP contribution in [0.5, 0.6) is 0 Å². The van der Waals surface area contributed by atoms with Crippen molar-refractivity contribution in [2.75, 3.05) is 0 Å². The molecule has 1 aromatic heterocycles. The lowest BCUT2D eigenvalue weighted by Gasteiger charge is -2.12. The second-order valence-electron chi connectivity index (χ2n) is 6.36. The predicted molar refractivity (Wildman–Crippen MR) is 102 cm³/mol. The number of aromatic nitrogens is 2. The highest BCUT2D eigenvalue weighted by Crippen LogP contribution is 2.15. The molecule has 0 aliphatic carbocycles. The van der Waals surface area contributed by atoms with Gasteiger partial charge in [0.25, 0.3) is 11.5 Å². The van der Waals surface area contributed by atoms with E-state index in [0.717, 1.165) is 0 Å². The molecule has 0 aliphatic heterocycles. The third kappa shape index (κ3) is 3.62. The van der Waals surface area contributed by atoms with Crippen molar-refractivity contribution in [2.24, 2.45) is 5.10 Å². The first kappa shape index (κ1) is 18.4. The Hall–Kier alpha value is -3.35. The van der Waals surface area contributed by atoms with Gasteiger partial charge in [0.05, 0.1) is 17.1 Å². The SMILES string of the molecule is C/C(=N\NC(=O)c1nn(C(C)C)c(=O)c2ccccc12)c1ccccc1F. The van der Waals surface area contributed by atoms with Gasteiger partial charge in [-0.05, 0) is 32.9 Å².